The van der Waals surface area contributed by atoms with Crippen molar-refractivity contribution in [2.45, 2.75) is 31.0 Å². The first kappa shape index (κ1) is 36.5. The molecule has 4 aromatic carbocycles. The third-order valence-corrected chi connectivity index (χ3v) is 11.7. The molecule has 272 valence electrons. The average Bonchev–Trinajstić information content (AvgIpc) is 3.84. The number of ether oxygens (including phenoxy) is 2. The topological polar surface area (TPSA) is 58.9 Å². The summed E-state index contributed by atoms with van der Waals surface area (Å²) in [6.45, 7) is -0.554. The summed E-state index contributed by atoms with van der Waals surface area (Å²) in [6.07, 6.45) is 0. The Bertz CT molecular complexity index is 2130. The van der Waals surface area contributed by atoms with Crippen LogP contribution in [0.2, 0.25) is 0 Å². The van der Waals surface area contributed by atoms with Crippen LogP contribution in [0.25, 0.3) is 52.9 Å². The fourth-order valence-electron chi connectivity index (χ4n) is 6.33. The second-order valence-corrected chi connectivity index (χ2v) is 14.5. The fourth-order valence-corrected chi connectivity index (χ4v) is 8.68. The molecular formula is C41H30F6O4S2. The van der Waals surface area contributed by atoms with E-state index in [0.29, 0.717) is 54.6 Å². The highest BCUT2D eigenvalue weighted by Crippen LogP contribution is 2.67. The maximum Gasteiger partial charge on any atom is 0.380 e. The number of benzene rings is 4. The predicted molar refractivity (Wildman–Crippen MR) is 197 cm³/mol. The normalized spacial score (nSPS) is 15.9. The fraction of sp³-hybridized carbons (Fsp3) is 0.171. The second-order valence-electron chi connectivity index (χ2n) is 12.3. The minimum Gasteiger partial charge on any atom is -0.497 e. The standard InChI is InChI=1S/C41H30F6O4S2/c1-50-29-15-11-26(12-16-29)34-20-31(37(53-34)27-9-5-24(22-49)6-10-27)35-36(40(44,45)41(46,47)39(35,42)43)32-19-33(25-7-3-23(21-48)4-8-25)52-38(32)28-13-17-30(51-2)18-14-28/h3-20,48-49H,21-22H2,1-2H3. The Kier molecular flexibility index (Phi) is 9.52. The minimum atomic E-state index is -5.80. The van der Waals surface area contributed by atoms with E-state index in [9.17, 15) is 10.2 Å². The van der Waals surface area contributed by atoms with E-state index < -0.39 is 40.0 Å². The van der Waals surface area contributed by atoms with Crippen LogP contribution >= 0.6 is 22.7 Å². The molecule has 1 aliphatic rings. The Morgan fingerprint density at radius 1 is 0.491 bits per heavy atom. The number of halogens is 6. The van der Waals surface area contributed by atoms with Crippen LogP contribution in [0.3, 0.4) is 0 Å². The molecule has 7 rings (SSSR count). The number of alkyl halides is 6. The van der Waals surface area contributed by atoms with Gasteiger partial charge < -0.3 is 19.7 Å². The van der Waals surface area contributed by atoms with Gasteiger partial charge in [-0.2, -0.15) is 26.3 Å². The number of aliphatic hydroxyl groups is 2. The minimum absolute atomic E-state index is 0.0713. The van der Waals surface area contributed by atoms with Crippen LogP contribution in [-0.4, -0.2) is 42.2 Å². The first-order valence-electron chi connectivity index (χ1n) is 16.2. The molecule has 4 nitrogen and oxygen atoms in total. The van der Waals surface area contributed by atoms with E-state index in [1.807, 2.05) is 0 Å². The van der Waals surface area contributed by atoms with Crippen molar-refractivity contribution in [3.8, 4) is 53.3 Å². The molecule has 0 radical (unpaired) electrons. The van der Waals surface area contributed by atoms with Gasteiger partial charge in [-0.3, -0.25) is 0 Å². The molecule has 0 saturated heterocycles. The van der Waals surface area contributed by atoms with Crippen molar-refractivity contribution in [1.29, 1.82) is 0 Å². The number of allylic oxidation sites excluding steroid dienone is 2. The highest BCUT2D eigenvalue weighted by atomic mass is 32.1. The van der Waals surface area contributed by atoms with Crippen LogP contribution < -0.4 is 9.47 Å². The summed E-state index contributed by atoms with van der Waals surface area (Å²) in [7, 11) is 2.92. The average molecular weight is 765 g/mol. The van der Waals surface area contributed by atoms with Gasteiger partial charge in [-0.1, -0.05) is 48.5 Å². The zero-order valence-corrected chi connectivity index (χ0v) is 29.7. The van der Waals surface area contributed by atoms with Crippen LogP contribution in [0.1, 0.15) is 22.3 Å². The van der Waals surface area contributed by atoms with Crippen molar-refractivity contribution in [2.75, 3.05) is 14.2 Å². The van der Waals surface area contributed by atoms with Gasteiger partial charge in [0.25, 0.3) is 0 Å². The zero-order chi connectivity index (χ0) is 37.7. The van der Waals surface area contributed by atoms with Crippen molar-refractivity contribution in [3.05, 3.63) is 131 Å². The third-order valence-electron chi connectivity index (χ3n) is 9.22. The number of hydrogen-bond donors (Lipinski definition) is 2. The number of aliphatic hydroxyl groups excluding tert-OH is 2. The summed E-state index contributed by atoms with van der Waals surface area (Å²) in [4.78, 5) is 0.882. The summed E-state index contributed by atoms with van der Waals surface area (Å²) in [5.41, 5.74) is -1.10. The molecule has 0 saturated carbocycles. The van der Waals surface area contributed by atoms with Gasteiger partial charge in [0.05, 0.1) is 27.4 Å². The van der Waals surface area contributed by atoms with Gasteiger partial charge in [0.15, 0.2) is 0 Å². The van der Waals surface area contributed by atoms with Gasteiger partial charge in [0.2, 0.25) is 0 Å². The quantitative estimate of drug-likeness (QED) is 0.136. The Morgan fingerprint density at radius 3 is 1.15 bits per heavy atom. The lowest BCUT2D eigenvalue weighted by Gasteiger charge is -2.26. The second kappa shape index (κ2) is 13.8. The summed E-state index contributed by atoms with van der Waals surface area (Å²) < 4.78 is 108. The van der Waals surface area contributed by atoms with E-state index in [0.717, 1.165) is 22.7 Å². The van der Waals surface area contributed by atoms with E-state index in [2.05, 4.69) is 0 Å². The number of thiophene rings is 2. The number of hydrogen-bond acceptors (Lipinski definition) is 6. The molecule has 2 aromatic heterocycles. The van der Waals surface area contributed by atoms with Crippen LogP contribution in [0.4, 0.5) is 26.3 Å². The van der Waals surface area contributed by atoms with Gasteiger partial charge in [0.1, 0.15) is 11.5 Å². The van der Waals surface area contributed by atoms with Crippen LogP contribution in [0.5, 0.6) is 11.5 Å². The van der Waals surface area contributed by atoms with Gasteiger partial charge in [0, 0.05) is 41.8 Å². The van der Waals surface area contributed by atoms with E-state index in [-0.39, 0.29) is 23.0 Å². The van der Waals surface area contributed by atoms with E-state index in [4.69, 9.17) is 9.47 Å². The summed E-state index contributed by atoms with van der Waals surface area (Å²) in [5, 5.41) is 19.2. The first-order valence-corrected chi connectivity index (χ1v) is 17.8. The molecule has 0 bridgehead atoms. The van der Waals surface area contributed by atoms with Gasteiger partial charge in [-0.15, -0.1) is 22.7 Å². The van der Waals surface area contributed by atoms with Crippen molar-refractivity contribution >= 4 is 33.8 Å². The Labute approximate surface area is 308 Å². The zero-order valence-electron chi connectivity index (χ0n) is 28.1. The lowest BCUT2D eigenvalue weighted by molar-refractivity contribution is -0.254. The van der Waals surface area contributed by atoms with E-state index in [1.165, 1.54) is 38.5 Å². The molecule has 0 fully saturated rings. The lowest BCUT2D eigenvalue weighted by Crippen LogP contribution is -2.48. The smallest absolute Gasteiger partial charge is 0.380 e. The maximum absolute atomic E-state index is 16.5. The monoisotopic (exact) mass is 764 g/mol. The number of rotatable bonds is 10. The SMILES string of the molecule is COc1ccc(-c2cc(C3=C(c4cc(-c5ccc(CO)cc5)sc4-c4ccc(OC)cc4)C(F)(F)C(F)(F)C3(F)F)c(-c3ccc(CO)cc3)s2)cc1. The lowest BCUT2D eigenvalue weighted by atomic mass is 9.91. The van der Waals surface area contributed by atoms with Gasteiger partial charge >= 0.3 is 17.8 Å². The molecule has 0 atom stereocenters. The predicted octanol–water partition coefficient (Wildman–Crippen LogP) is 11.3. The molecule has 0 aliphatic heterocycles. The largest absolute Gasteiger partial charge is 0.497 e. The molecule has 12 heteroatoms. The molecule has 6 aromatic rings. The highest BCUT2D eigenvalue weighted by molar-refractivity contribution is 7.19. The molecule has 0 spiro atoms. The maximum atomic E-state index is 16.5. The van der Waals surface area contributed by atoms with Crippen molar-refractivity contribution in [3.63, 3.8) is 0 Å². The number of methoxy groups -OCH3 is 2. The molecule has 0 unspecified atom stereocenters. The Balaban J connectivity index is 1.56. The molecule has 0 amide bonds. The summed E-state index contributed by atoms with van der Waals surface area (Å²) in [6, 6.07) is 28.0. The summed E-state index contributed by atoms with van der Waals surface area (Å²) >= 11 is 1.99. The van der Waals surface area contributed by atoms with Crippen LogP contribution in [0, 0.1) is 0 Å². The Hall–Kier alpha value is -4.88. The van der Waals surface area contributed by atoms with Crippen molar-refractivity contribution in [1.82, 2.24) is 0 Å². The molecule has 1 aliphatic carbocycles. The Morgan fingerprint density at radius 2 is 0.811 bits per heavy atom. The molecule has 2 N–H and O–H groups in total. The van der Waals surface area contributed by atoms with E-state index >= 15 is 26.3 Å². The van der Waals surface area contributed by atoms with Crippen LogP contribution in [0.15, 0.2) is 109 Å². The highest BCUT2D eigenvalue weighted by Gasteiger charge is 2.80. The van der Waals surface area contributed by atoms with E-state index in [1.54, 1.807) is 84.9 Å². The van der Waals surface area contributed by atoms with Crippen molar-refractivity contribution < 1.29 is 46.0 Å². The third kappa shape index (κ3) is 6.13. The first-order chi connectivity index (χ1) is 25.3. The summed E-state index contributed by atoms with van der Waals surface area (Å²) in [5.74, 6) is -15.5. The van der Waals surface area contributed by atoms with Gasteiger partial charge in [-0.25, -0.2) is 0 Å². The van der Waals surface area contributed by atoms with Gasteiger partial charge in [-0.05, 0) is 94.0 Å². The molecule has 53 heavy (non-hydrogen) atoms. The molecule has 2 heterocycles. The van der Waals surface area contributed by atoms with Crippen molar-refractivity contribution in [2.24, 2.45) is 0 Å². The van der Waals surface area contributed by atoms with Crippen LogP contribution in [-0.2, 0) is 13.2 Å². The molecular weight excluding hydrogens is 735 g/mol.